The molecule has 0 bridgehead atoms. The van der Waals surface area contributed by atoms with Crippen molar-refractivity contribution in [2.24, 2.45) is 9.98 Å². The molecule has 0 saturated carbocycles. The first kappa shape index (κ1) is 23.0. The summed E-state index contributed by atoms with van der Waals surface area (Å²) < 4.78 is 0. The van der Waals surface area contributed by atoms with E-state index in [2.05, 4.69) is 111 Å². The normalized spacial score (nSPS) is 11.9. The molecule has 0 spiro atoms. The highest BCUT2D eigenvalue weighted by molar-refractivity contribution is 6.49. The third kappa shape index (κ3) is 6.42. The first-order valence-electron chi connectivity index (χ1n) is 11.4. The highest BCUT2D eigenvalue weighted by Gasteiger charge is 2.12. The highest BCUT2D eigenvalue weighted by atomic mass is 15.1. The summed E-state index contributed by atoms with van der Waals surface area (Å²) in [4.78, 5) is 9.91. The Bertz CT molecular complexity index is 1180. The van der Waals surface area contributed by atoms with Crippen LogP contribution in [0, 0.1) is 27.7 Å². The zero-order valence-corrected chi connectivity index (χ0v) is 20.1. The summed E-state index contributed by atoms with van der Waals surface area (Å²) in [7, 11) is 0. The number of anilines is 2. The second kappa shape index (κ2) is 10.6. The van der Waals surface area contributed by atoms with Crippen LogP contribution < -0.4 is 10.6 Å². The summed E-state index contributed by atoms with van der Waals surface area (Å²) in [5.41, 5.74) is 8.38. The van der Waals surface area contributed by atoms with Gasteiger partial charge < -0.3 is 10.6 Å². The van der Waals surface area contributed by atoms with E-state index in [9.17, 15) is 0 Å². The van der Waals surface area contributed by atoms with Crippen LogP contribution in [0.3, 0.4) is 0 Å². The molecule has 4 aromatic rings. The summed E-state index contributed by atoms with van der Waals surface area (Å²) in [6.45, 7) is 8.30. The lowest BCUT2D eigenvalue weighted by molar-refractivity contribution is 1.41. The van der Waals surface area contributed by atoms with Crippen LogP contribution in [0.5, 0.6) is 0 Å². The smallest absolute Gasteiger partial charge is 0.174 e. The van der Waals surface area contributed by atoms with Gasteiger partial charge in [0.05, 0.1) is 11.4 Å². The van der Waals surface area contributed by atoms with Gasteiger partial charge in [0.1, 0.15) is 0 Å². The zero-order valence-electron chi connectivity index (χ0n) is 20.1. The molecule has 34 heavy (non-hydrogen) atoms. The lowest BCUT2D eigenvalue weighted by atomic mass is 10.2. The van der Waals surface area contributed by atoms with Crippen LogP contribution in [0.4, 0.5) is 22.7 Å². The van der Waals surface area contributed by atoms with Gasteiger partial charge in [-0.2, -0.15) is 0 Å². The summed E-state index contributed by atoms with van der Waals surface area (Å²) >= 11 is 0. The van der Waals surface area contributed by atoms with Gasteiger partial charge in [-0.05, 0) is 76.2 Å². The molecule has 0 amide bonds. The van der Waals surface area contributed by atoms with Crippen molar-refractivity contribution in [1.29, 1.82) is 0 Å². The van der Waals surface area contributed by atoms with Crippen molar-refractivity contribution in [3.63, 3.8) is 0 Å². The van der Waals surface area contributed by atoms with Crippen LogP contribution in [0.25, 0.3) is 0 Å². The van der Waals surface area contributed by atoms with E-state index in [0.717, 1.165) is 22.7 Å². The molecule has 4 aromatic carbocycles. The van der Waals surface area contributed by atoms with Gasteiger partial charge in [-0.3, -0.25) is 0 Å². The highest BCUT2D eigenvalue weighted by Crippen LogP contribution is 2.19. The molecular weight excluding hydrogens is 416 g/mol. The maximum absolute atomic E-state index is 4.96. The second-order valence-electron chi connectivity index (χ2n) is 8.57. The number of nitrogens with zero attached hydrogens (tertiary/aromatic N) is 2. The Morgan fingerprint density at radius 2 is 0.676 bits per heavy atom. The Morgan fingerprint density at radius 1 is 0.412 bits per heavy atom. The summed E-state index contributed by atoms with van der Waals surface area (Å²) in [6, 6.07) is 32.8. The van der Waals surface area contributed by atoms with Gasteiger partial charge in [0.2, 0.25) is 0 Å². The molecule has 0 aromatic heterocycles. The average molecular weight is 447 g/mol. The van der Waals surface area contributed by atoms with Crippen LogP contribution in [-0.2, 0) is 0 Å². The second-order valence-corrected chi connectivity index (χ2v) is 8.57. The van der Waals surface area contributed by atoms with Gasteiger partial charge in [-0.1, -0.05) is 70.8 Å². The molecule has 0 aliphatic carbocycles. The predicted octanol–water partition coefficient (Wildman–Crippen LogP) is 7.90. The van der Waals surface area contributed by atoms with E-state index in [-0.39, 0.29) is 0 Å². The minimum Gasteiger partial charge on any atom is -0.337 e. The van der Waals surface area contributed by atoms with Crippen molar-refractivity contribution in [1.82, 2.24) is 0 Å². The number of hydrogen-bond donors (Lipinski definition) is 2. The van der Waals surface area contributed by atoms with Crippen molar-refractivity contribution >= 4 is 34.4 Å². The quantitative estimate of drug-likeness (QED) is 0.247. The topological polar surface area (TPSA) is 48.8 Å². The first-order valence-corrected chi connectivity index (χ1v) is 11.4. The van der Waals surface area contributed by atoms with E-state index in [4.69, 9.17) is 9.98 Å². The van der Waals surface area contributed by atoms with Gasteiger partial charge >= 0.3 is 0 Å². The molecule has 2 N–H and O–H groups in total. The fraction of sp³-hybridized carbons (Fsp3) is 0.133. The van der Waals surface area contributed by atoms with Crippen LogP contribution in [0.15, 0.2) is 107 Å². The monoisotopic (exact) mass is 446 g/mol. The Morgan fingerprint density at radius 3 is 0.971 bits per heavy atom. The Balaban J connectivity index is 1.80. The Hall–Kier alpha value is -4.18. The molecule has 0 aliphatic rings. The third-order valence-electron chi connectivity index (χ3n) is 5.40. The Labute approximate surface area is 202 Å². The molecule has 4 heteroatoms. The van der Waals surface area contributed by atoms with Gasteiger partial charge in [0.25, 0.3) is 0 Å². The zero-order chi connectivity index (χ0) is 23.9. The van der Waals surface area contributed by atoms with E-state index >= 15 is 0 Å². The first-order chi connectivity index (χ1) is 16.4. The molecule has 0 aliphatic heterocycles. The number of amidine groups is 2. The lowest BCUT2D eigenvalue weighted by Gasteiger charge is -2.16. The fourth-order valence-electron chi connectivity index (χ4n) is 3.32. The van der Waals surface area contributed by atoms with Crippen molar-refractivity contribution in [3.8, 4) is 0 Å². The van der Waals surface area contributed by atoms with E-state index in [1.807, 2.05) is 24.3 Å². The molecule has 0 atom stereocenters. The maximum Gasteiger partial charge on any atom is 0.174 e. The van der Waals surface area contributed by atoms with Gasteiger partial charge in [0, 0.05) is 11.4 Å². The van der Waals surface area contributed by atoms with Crippen LogP contribution in [-0.4, -0.2) is 11.7 Å². The van der Waals surface area contributed by atoms with Crippen LogP contribution in [0.1, 0.15) is 22.3 Å². The van der Waals surface area contributed by atoms with E-state index in [1.165, 1.54) is 22.3 Å². The van der Waals surface area contributed by atoms with Crippen molar-refractivity contribution < 1.29 is 0 Å². The largest absolute Gasteiger partial charge is 0.337 e. The molecule has 0 fully saturated rings. The van der Waals surface area contributed by atoms with Crippen LogP contribution in [0.2, 0.25) is 0 Å². The van der Waals surface area contributed by atoms with E-state index in [0.29, 0.717) is 11.7 Å². The molecular formula is C30H30N4. The van der Waals surface area contributed by atoms with E-state index < -0.39 is 0 Å². The van der Waals surface area contributed by atoms with Crippen LogP contribution >= 0.6 is 0 Å². The number of rotatable bonds is 4. The standard InChI is InChI=1S/C30H30N4/c1-21-5-13-25(14-6-21)31-29(32-26-15-7-22(2)8-16-26)30(33-27-17-9-23(3)10-18-27)34-28-19-11-24(4)12-20-28/h5-20H,1-4H3,(H,31,32)(H,33,34). The number of benzene rings is 4. The molecule has 4 rings (SSSR count). The van der Waals surface area contributed by atoms with Gasteiger partial charge in [-0.15, -0.1) is 0 Å². The molecule has 0 heterocycles. The Kier molecular flexibility index (Phi) is 7.19. The number of hydrogen-bond acceptors (Lipinski definition) is 2. The van der Waals surface area contributed by atoms with Crippen molar-refractivity contribution in [2.45, 2.75) is 27.7 Å². The molecule has 0 saturated heterocycles. The minimum absolute atomic E-state index is 0.633. The third-order valence-corrected chi connectivity index (χ3v) is 5.40. The maximum atomic E-state index is 4.96. The number of aliphatic imine (C=N–C) groups is 2. The average Bonchev–Trinajstić information content (AvgIpc) is 2.84. The van der Waals surface area contributed by atoms with Gasteiger partial charge in [0.15, 0.2) is 11.7 Å². The minimum atomic E-state index is 0.633. The summed E-state index contributed by atoms with van der Waals surface area (Å²) in [6.07, 6.45) is 0. The van der Waals surface area contributed by atoms with Crippen molar-refractivity contribution in [3.05, 3.63) is 119 Å². The number of aryl methyl sites for hydroxylation is 4. The molecule has 4 nitrogen and oxygen atoms in total. The predicted molar refractivity (Wildman–Crippen MR) is 146 cm³/mol. The molecule has 0 radical (unpaired) electrons. The summed E-state index contributed by atoms with van der Waals surface area (Å²) in [5.74, 6) is 1.27. The van der Waals surface area contributed by atoms with Gasteiger partial charge in [-0.25, -0.2) is 9.98 Å². The number of nitrogens with one attached hydrogen (secondary N) is 2. The SMILES string of the molecule is Cc1ccc(N=C(Nc2ccc(C)cc2)C(=Nc2ccc(C)cc2)Nc2ccc(C)cc2)cc1. The van der Waals surface area contributed by atoms with E-state index in [1.54, 1.807) is 0 Å². The molecule has 170 valence electrons. The lowest BCUT2D eigenvalue weighted by Crippen LogP contribution is -2.29. The molecule has 0 unspecified atom stereocenters. The summed E-state index contributed by atoms with van der Waals surface area (Å²) in [5, 5.41) is 6.98. The van der Waals surface area contributed by atoms with Crippen molar-refractivity contribution in [2.75, 3.05) is 10.6 Å². The fourth-order valence-corrected chi connectivity index (χ4v) is 3.32.